The molecule has 1 aromatic rings. The molecule has 3 heteroatoms. The van der Waals surface area contributed by atoms with E-state index >= 15 is 0 Å². The molecule has 0 unspecified atom stereocenters. The zero-order valence-electron chi connectivity index (χ0n) is 10.3. The van der Waals surface area contributed by atoms with Crippen LogP contribution in [0.4, 0.5) is 0 Å². The Morgan fingerprint density at radius 2 is 1.62 bits per heavy atom. The summed E-state index contributed by atoms with van der Waals surface area (Å²) in [6.45, 7) is 7.40. The number of rotatable bonds is 2. The maximum atomic E-state index is 5.70. The number of ether oxygens (including phenoxy) is 3. The lowest BCUT2D eigenvalue weighted by Gasteiger charge is -2.27. The molecular formula is C13H18O3. The predicted molar refractivity (Wildman–Crippen MR) is 61.7 cm³/mol. The van der Waals surface area contributed by atoms with E-state index in [1.165, 1.54) is 0 Å². The van der Waals surface area contributed by atoms with Crippen LogP contribution in [0.15, 0.2) is 12.1 Å². The van der Waals surface area contributed by atoms with Gasteiger partial charge in [0.2, 0.25) is 0 Å². The molecule has 0 spiro atoms. The third kappa shape index (κ3) is 1.81. The Balaban J connectivity index is 2.48. The summed E-state index contributed by atoms with van der Waals surface area (Å²) in [5, 5.41) is 0. The fraction of sp³-hybridized carbons (Fsp3) is 0.538. The summed E-state index contributed by atoms with van der Waals surface area (Å²) >= 11 is 0. The topological polar surface area (TPSA) is 27.7 Å². The van der Waals surface area contributed by atoms with Crippen molar-refractivity contribution in [2.24, 2.45) is 0 Å². The van der Waals surface area contributed by atoms with Gasteiger partial charge in [-0.15, -0.1) is 0 Å². The first-order valence-corrected chi connectivity index (χ1v) is 5.50. The van der Waals surface area contributed by atoms with Gasteiger partial charge in [0.1, 0.15) is 5.75 Å². The van der Waals surface area contributed by atoms with Crippen LogP contribution in [0.3, 0.4) is 0 Å². The van der Waals surface area contributed by atoms with E-state index in [0.29, 0.717) is 13.2 Å². The highest BCUT2D eigenvalue weighted by Crippen LogP contribution is 2.36. The maximum Gasteiger partial charge on any atom is 0.192 e. The predicted octanol–water partition coefficient (Wildman–Crippen LogP) is 2.53. The molecule has 0 aliphatic carbocycles. The molecule has 0 atom stereocenters. The van der Waals surface area contributed by atoms with Crippen molar-refractivity contribution in [3.63, 3.8) is 0 Å². The third-order valence-corrected chi connectivity index (χ3v) is 3.03. The fourth-order valence-electron chi connectivity index (χ4n) is 2.42. The summed E-state index contributed by atoms with van der Waals surface area (Å²) in [7, 11) is 1.68. The van der Waals surface area contributed by atoms with Crippen LogP contribution in [0.25, 0.3) is 0 Å². The van der Waals surface area contributed by atoms with Crippen molar-refractivity contribution < 1.29 is 14.2 Å². The lowest BCUT2D eigenvalue weighted by molar-refractivity contribution is -0.150. The van der Waals surface area contributed by atoms with Gasteiger partial charge in [-0.05, 0) is 44.0 Å². The molecule has 0 saturated carbocycles. The van der Waals surface area contributed by atoms with E-state index < -0.39 is 5.79 Å². The Morgan fingerprint density at radius 1 is 1.12 bits per heavy atom. The van der Waals surface area contributed by atoms with E-state index in [1.807, 2.05) is 19.1 Å². The average Bonchev–Trinajstić information content (AvgIpc) is 2.64. The molecule has 2 rings (SSSR count). The smallest absolute Gasteiger partial charge is 0.192 e. The molecule has 0 bridgehead atoms. The van der Waals surface area contributed by atoms with Crippen LogP contribution in [-0.2, 0) is 15.3 Å². The largest absolute Gasteiger partial charge is 0.497 e. The second kappa shape index (κ2) is 4.07. The quantitative estimate of drug-likeness (QED) is 0.769. The van der Waals surface area contributed by atoms with Crippen molar-refractivity contribution in [3.8, 4) is 5.75 Å². The van der Waals surface area contributed by atoms with Gasteiger partial charge in [0.25, 0.3) is 0 Å². The third-order valence-electron chi connectivity index (χ3n) is 3.03. The van der Waals surface area contributed by atoms with Gasteiger partial charge in [0, 0.05) is 5.56 Å². The van der Waals surface area contributed by atoms with E-state index in [0.717, 1.165) is 22.4 Å². The summed E-state index contributed by atoms with van der Waals surface area (Å²) in [5.74, 6) is 0.279. The van der Waals surface area contributed by atoms with Gasteiger partial charge in [-0.3, -0.25) is 0 Å². The van der Waals surface area contributed by atoms with Crippen LogP contribution in [0.5, 0.6) is 5.75 Å². The number of methoxy groups -OCH3 is 1. The van der Waals surface area contributed by atoms with Crippen LogP contribution < -0.4 is 4.74 Å². The Hall–Kier alpha value is -1.06. The first-order valence-electron chi connectivity index (χ1n) is 5.50. The lowest BCUT2D eigenvalue weighted by atomic mass is 9.96. The zero-order valence-corrected chi connectivity index (χ0v) is 10.3. The number of hydrogen-bond acceptors (Lipinski definition) is 3. The Bertz CT molecular complexity index is 369. The standard InChI is InChI=1S/C13H18O3/c1-9-7-11(14-4)8-10(2)12(9)13(3)15-5-6-16-13/h7-8H,5-6H2,1-4H3. The molecule has 16 heavy (non-hydrogen) atoms. The molecule has 1 heterocycles. The number of benzene rings is 1. The molecule has 0 N–H and O–H groups in total. The van der Waals surface area contributed by atoms with E-state index in [-0.39, 0.29) is 0 Å². The highest BCUT2D eigenvalue weighted by molar-refractivity contribution is 5.43. The Kier molecular flexibility index (Phi) is 2.91. The molecule has 1 aliphatic rings. The van der Waals surface area contributed by atoms with Gasteiger partial charge in [-0.2, -0.15) is 0 Å². The van der Waals surface area contributed by atoms with Crippen LogP contribution in [0, 0.1) is 13.8 Å². The SMILES string of the molecule is COc1cc(C)c(C2(C)OCCO2)c(C)c1. The van der Waals surface area contributed by atoms with Gasteiger partial charge in [-0.1, -0.05) is 0 Å². The molecule has 1 fully saturated rings. The number of hydrogen-bond donors (Lipinski definition) is 0. The molecule has 1 saturated heterocycles. The van der Waals surface area contributed by atoms with E-state index in [9.17, 15) is 0 Å². The highest BCUT2D eigenvalue weighted by Gasteiger charge is 2.35. The van der Waals surface area contributed by atoms with Crippen LogP contribution in [0.1, 0.15) is 23.6 Å². The molecule has 1 aliphatic heterocycles. The average molecular weight is 222 g/mol. The minimum Gasteiger partial charge on any atom is -0.497 e. The Morgan fingerprint density at radius 3 is 2.06 bits per heavy atom. The van der Waals surface area contributed by atoms with E-state index in [2.05, 4.69) is 13.8 Å². The van der Waals surface area contributed by atoms with Gasteiger partial charge in [0.15, 0.2) is 5.79 Å². The minimum atomic E-state index is -0.597. The molecule has 1 aromatic carbocycles. The lowest BCUT2D eigenvalue weighted by Crippen LogP contribution is -2.25. The van der Waals surface area contributed by atoms with Crippen LogP contribution in [-0.4, -0.2) is 20.3 Å². The molecule has 88 valence electrons. The van der Waals surface area contributed by atoms with Crippen LogP contribution >= 0.6 is 0 Å². The summed E-state index contributed by atoms with van der Waals surface area (Å²) in [6.07, 6.45) is 0. The molecule has 0 amide bonds. The van der Waals surface area contributed by atoms with Crippen molar-refractivity contribution in [1.29, 1.82) is 0 Å². The van der Waals surface area contributed by atoms with Crippen molar-refractivity contribution in [3.05, 3.63) is 28.8 Å². The summed E-state index contributed by atoms with van der Waals surface area (Å²) in [4.78, 5) is 0. The highest BCUT2D eigenvalue weighted by atomic mass is 16.7. The first kappa shape index (κ1) is 11.4. The van der Waals surface area contributed by atoms with Crippen molar-refractivity contribution in [2.45, 2.75) is 26.6 Å². The van der Waals surface area contributed by atoms with Crippen molar-refractivity contribution in [1.82, 2.24) is 0 Å². The molecule has 0 aromatic heterocycles. The fourth-order valence-corrected chi connectivity index (χ4v) is 2.42. The summed E-state index contributed by atoms with van der Waals surface area (Å²) in [5.41, 5.74) is 3.40. The number of aryl methyl sites for hydroxylation is 2. The molecule has 3 nitrogen and oxygen atoms in total. The van der Waals surface area contributed by atoms with E-state index in [4.69, 9.17) is 14.2 Å². The maximum absolute atomic E-state index is 5.70. The zero-order chi connectivity index (χ0) is 11.8. The Labute approximate surface area is 96.3 Å². The van der Waals surface area contributed by atoms with Crippen LogP contribution in [0.2, 0.25) is 0 Å². The normalized spacial score (nSPS) is 18.8. The first-order chi connectivity index (χ1) is 7.57. The monoisotopic (exact) mass is 222 g/mol. The van der Waals surface area contributed by atoms with Gasteiger partial charge >= 0.3 is 0 Å². The summed E-state index contributed by atoms with van der Waals surface area (Å²) in [6, 6.07) is 4.03. The van der Waals surface area contributed by atoms with E-state index in [1.54, 1.807) is 7.11 Å². The van der Waals surface area contributed by atoms with Gasteiger partial charge < -0.3 is 14.2 Å². The molecule has 0 radical (unpaired) electrons. The van der Waals surface area contributed by atoms with Gasteiger partial charge in [0.05, 0.1) is 20.3 Å². The van der Waals surface area contributed by atoms with Crippen molar-refractivity contribution in [2.75, 3.05) is 20.3 Å². The van der Waals surface area contributed by atoms with Gasteiger partial charge in [-0.25, -0.2) is 0 Å². The van der Waals surface area contributed by atoms with Crippen molar-refractivity contribution >= 4 is 0 Å². The second-order valence-corrected chi connectivity index (χ2v) is 4.28. The second-order valence-electron chi connectivity index (χ2n) is 4.28. The molecular weight excluding hydrogens is 204 g/mol. The minimum absolute atomic E-state index is 0.597. The summed E-state index contributed by atoms with van der Waals surface area (Å²) < 4.78 is 16.6.